The normalized spacial score (nSPS) is 25.1. The number of amides is 5. The van der Waals surface area contributed by atoms with E-state index in [2.05, 4.69) is 27.8 Å². The van der Waals surface area contributed by atoms with Gasteiger partial charge in [-0.2, -0.15) is 0 Å². The first-order valence-corrected chi connectivity index (χ1v) is 21.0. The first-order chi connectivity index (χ1) is 24.7. The second-order valence-electron chi connectivity index (χ2n) is 17.3. The van der Waals surface area contributed by atoms with Crippen LogP contribution in [0.5, 0.6) is 0 Å². The maximum Gasteiger partial charge on any atom is 0.315 e. The van der Waals surface area contributed by atoms with Crippen molar-refractivity contribution in [1.82, 2.24) is 26.2 Å². The van der Waals surface area contributed by atoms with Crippen molar-refractivity contribution in [3.05, 3.63) is 12.7 Å². The number of urea groups is 1. The van der Waals surface area contributed by atoms with Gasteiger partial charge in [0.05, 0.1) is 22.1 Å². The van der Waals surface area contributed by atoms with Crippen molar-refractivity contribution in [2.45, 2.75) is 153 Å². The number of nitrogens with zero attached hydrogens (tertiary/aromatic N) is 1. The SMILES string of the molecule is C=CCNC(=O)C(=O)[C@H](CCCC(F)F)NC(=O)[C@@H]1C2C(CN1C(=O)[C@@H](NC(=O)NC1(CS(=O)(=O)C(C)(C)C)CCCCC1)C1CCCCC1)C2(C)C. The molecule has 3 saturated carbocycles. The monoisotopic (exact) mass is 769 g/mol. The Balaban J connectivity index is 1.59. The lowest BCUT2D eigenvalue weighted by Gasteiger charge is -2.41. The number of fused-ring (bicyclic) bond motifs is 1. The van der Waals surface area contributed by atoms with Gasteiger partial charge in [0, 0.05) is 19.5 Å². The Morgan fingerprint density at radius 2 is 1.57 bits per heavy atom. The lowest BCUT2D eigenvalue weighted by atomic mass is 9.82. The quantitative estimate of drug-likeness (QED) is 0.133. The second-order valence-corrected chi connectivity index (χ2v) is 20.1. The molecule has 0 aromatic rings. The molecule has 3 aliphatic carbocycles. The molecule has 4 N–H and O–H groups in total. The number of halogens is 2. The highest BCUT2D eigenvalue weighted by atomic mass is 32.2. The fourth-order valence-corrected chi connectivity index (χ4v) is 10.3. The standard InChI is InChI=1S/C38H61F2N5O7S/c1-7-21-41-33(48)31(46)26(17-14-18-27(39)40)42-32(47)30-28-25(37(28,5)6)22-45(30)34(49)29(24-15-10-8-11-16-24)43-35(50)44-38(19-12-9-13-20-38)23-53(51,52)36(2,3)4/h7,24-30H,1,8-23H2,2-6H3,(H,41,48)(H,42,47)(H2,43,44,50)/t25?,26-,28?,29-,30-/m0/s1. The van der Waals surface area contributed by atoms with E-state index in [1.165, 1.54) is 11.0 Å². The van der Waals surface area contributed by atoms with Gasteiger partial charge in [0.2, 0.25) is 24.0 Å². The minimum atomic E-state index is -3.60. The molecule has 12 nitrogen and oxygen atoms in total. The summed E-state index contributed by atoms with van der Waals surface area (Å²) in [6.07, 6.45) is 5.47. The minimum absolute atomic E-state index is 0.00176. The molecule has 0 aromatic heterocycles. The number of piperidine rings is 1. The van der Waals surface area contributed by atoms with Crippen molar-refractivity contribution >= 4 is 39.4 Å². The molecule has 300 valence electrons. The van der Waals surface area contributed by atoms with Crippen LogP contribution in [0.1, 0.15) is 118 Å². The maximum atomic E-state index is 14.7. The minimum Gasteiger partial charge on any atom is -0.346 e. The van der Waals surface area contributed by atoms with Crippen LogP contribution in [0.25, 0.3) is 0 Å². The third-order valence-electron chi connectivity index (χ3n) is 12.2. The van der Waals surface area contributed by atoms with Crippen molar-refractivity contribution < 1.29 is 41.2 Å². The number of hydrogen-bond donors (Lipinski definition) is 4. The van der Waals surface area contributed by atoms with Gasteiger partial charge < -0.3 is 26.2 Å². The van der Waals surface area contributed by atoms with Gasteiger partial charge in [-0.15, -0.1) is 6.58 Å². The number of rotatable bonds is 16. The number of carbonyl (C=O) groups excluding carboxylic acids is 5. The van der Waals surface area contributed by atoms with Crippen LogP contribution in [-0.2, 0) is 29.0 Å². The van der Waals surface area contributed by atoms with Crippen molar-refractivity contribution in [3.63, 3.8) is 0 Å². The van der Waals surface area contributed by atoms with Gasteiger partial charge in [0.1, 0.15) is 12.1 Å². The van der Waals surface area contributed by atoms with Crippen molar-refractivity contribution in [2.24, 2.45) is 23.2 Å². The highest BCUT2D eigenvalue weighted by molar-refractivity contribution is 7.92. The maximum absolute atomic E-state index is 14.7. The van der Waals surface area contributed by atoms with Gasteiger partial charge >= 0.3 is 6.03 Å². The predicted octanol–water partition coefficient (Wildman–Crippen LogP) is 4.43. The van der Waals surface area contributed by atoms with Crippen molar-refractivity contribution in [3.8, 4) is 0 Å². The molecule has 0 bridgehead atoms. The number of hydrogen-bond acceptors (Lipinski definition) is 7. The molecule has 5 amide bonds. The van der Waals surface area contributed by atoms with Crippen LogP contribution >= 0.6 is 0 Å². The third-order valence-corrected chi connectivity index (χ3v) is 15.0. The summed E-state index contributed by atoms with van der Waals surface area (Å²) in [4.78, 5) is 70.0. The van der Waals surface area contributed by atoms with E-state index in [9.17, 15) is 41.2 Å². The van der Waals surface area contributed by atoms with Gasteiger partial charge in [-0.25, -0.2) is 22.0 Å². The van der Waals surface area contributed by atoms with E-state index in [0.717, 1.165) is 38.5 Å². The van der Waals surface area contributed by atoms with Gasteiger partial charge in [0.25, 0.3) is 5.91 Å². The average molecular weight is 770 g/mol. The molecule has 0 aromatic carbocycles. The number of likely N-dealkylation sites (tertiary alicyclic amines) is 1. The summed E-state index contributed by atoms with van der Waals surface area (Å²) in [5.41, 5.74) is -1.29. The van der Waals surface area contributed by atoms with E-state index >= 15 is 0 Å². The largest absolute Gasteiger partial charge is 0.346 e. The van der Waals surface area contributed by atoms with Gasteiger partial charge in [-0.1, -0.05) is 58.4 Å². The predicted molar refractivity (Wildman–Crippen MR) is 198 cm³/mol. The summed E-state index contributed by atoms with van der Waals surface area (Å²) in [6, 6.07) is -4.00. The van der Waals surface area contributed by atoms with Crippen LogP contribution in [-0.4, -0.2) is 96.5 Å². The van der Waals surface area contributed by atoms with Crippen LogP contribution in [0.2, 0.25) is 0 Å². The molecule has 0 spiro atoms. The van der Waals surface area contributed by atoms with E-state index in [0.29, 0.717) is 25.7 Å². The Hall–Kier alpha value is -3.10. The van der Waals surface area contributed by atoms with Gasteiger partial charge in [-0.3, -0.25) is 19.2 Å². The number of ketones is 1. The zero-order valence-corrected chi connectivity index (χ0v) is 32.9. The van der Waals surface area contributed by atoms with Gasteiger partial charge in [-0.05, 0) is 82.5 Å². The smallest absolute Gasteiger partial charge is 0.315 e. The van der Waals surface area contributed by atoms with E-state index in [4.69, 9.17) is 0 Å². The Labute approximate surface area is 313 Å². The Bertz CT molecular complexity index is 1490. The molecule has 4 aliphatic rings. The molecular weight excluding hydrogens is 709 g/mol. The average Bonchev–Trinajstić information content (AvgIpc) is 3.38. The van der Waals surface area contributed by atoms with Gasteiger partial charge in [0.15, 0.2) is 9.84 Å². The molecule has 15 heteroatoms. The van der Waals surface area contributed by atoms with Crippen LogP contribution in [0, 0.1) is 23.2 Å². The lowest BCUT2D eigenvalue weighted by molar-refractivity contribution is -0.144. The number of carbonyl (C=O) groups is 5. The molecule has 53 heavy (non-hydrogen) atoms. The molecular formula is C38H61F2N5O7S. The number of alkyl halides is 2. The van der Waals surface area contributed by atoms with Crippen molar-refractivity contribution in [1.29, 1.82) is 0 Å². The van der Waals surface area contributed by atoms with E-state index in [1.54, 1.807) is 20.8 Å². The first kappa shape index (κ1) is 42.6. The first-order valence-electron chi connectivity index (χ1n) is 19.4. The molecule has 1 aliphatic heterocycles. The molecule has 4 rings (SSSR count). The van der Waals surface area contributed by atoms with E-state index < -0.39 is 80.6 Å². The zero-order valence-electron chi connectivity index (χ0n) is 32.1. The molecule has 0 radical (unpaired) electrons. The summed E-state index contributed by atoms with van der Waals surface area (Å²) >= 11 is 0. The highest BCUT2D eigenvalue weighted by Crippen LogP contribution is 2.65. The van der Waals surface area contributed by atoms with Crippen LogP contribution in [0.4, 0.5) is 13.6 Å². The molecule has 2 unspecified atom stereocenters. The fourth-order valence-electron chi connectivity index (χ4n) is 8.79. The Morgan fingerprint density at radius 1 is 0.943 bits per heavy atom. The van der Waals surface area contributed by atoms with Crippen LogP contribution in [0.3, 0.4) is 0 Å². The molecule has 4 fully saturated rings. The number of Topliss-reactive ketones (excluding diaryl/α,β-unsaturated/α-hetero) is 1. The summed E-state index contributed by atoms with van der Waals surface area (Å²) in [5.74, 6) is -3.74. The van der Waals surface area contributed by atoms with Crippen molar-refractivity contribution in [2.75, 3.05) is 18.8 Å². The molecule has 1 saturated heterocycles. The third kappa shape index (κ3) is 10.2. The second kappa shape index (κ2) is 17.1. The Morgan fingerprint density at radius 3 is 2.15 bits per heavy atom. The summed E-state index contributed by atoms with van der Waals surface area (Å²) in [6.45, 7) is 12.7. The number of nitrogens with one attached hydrogen (secondary N) is 4. The molecule has 1 heterocycles. The topological polar surface area (TPSA) is 171 Å². The van der Waals surface area contributed by atoms with E-state index in [-0.39, 0.29) is 54.9 Å². The fraction of sp³-hybridized carbons (Fsp3) is 0.816. The van der Waals surface area contributed by atoms with Crippen LogP contribution < -0.4 is 21.3 Å². The van der Waals surface area contributed by atoms with Crippen LogP contribution in [0.15, 0.2) is 12.7 Å². The zero-order chi connectivity index (χ0) is 39.4. The summed E-state index contributed by atoms with van der Waals surface area (Å²) < 4.78 is 51.8. The van der Waals surface area contributed by atoms with E-state index in [1.807, 2.05) is 13.8 Å². The Kier molecular flexibility index (Phi) is 13.8. The summed E-state index contributed by atoms with van der Waals surface area (Å²) in [7, 11) is -3.60. The number of sulfone groups is 1. The summed E-state index contributed by atoms with van der Waals surface area (Å²) in [5, 5.41) is 11.0. The molecule has 5 atom stereocenters. The lowest BCUT2D eigenvalue weighted by Crippen LogP contribution is -2.63. The highest BCUT2D eigenvalue weighted by Gasteiger charge is 2.69.